The number of hydrogen-bond acceptors (Lipinski definition) is 6. The van der Waals surface area contributed by atoms with Crippen molar-refractivity contribution >= 4 is 17.8 Å². The Morgan fingerprint density at radius 2 is 1.74 bits per heavy atom. The molecule has 0 radical (unpaired) electrons. The summed E-state index contributed by atoms with van der Waals surface area (Å²) in [7, 11) is 0. The number of alkyl halides is 2. The fourth-order valence-electron chi connectivity index (χ4n) is 3.85. The van der Waals surface area contributed by atoms with Gasteiger partial charge in [0.05, 0.1) is 0 Å². The normalized spacial score (nSPS) is 13.3. The van der Waals surface area contributed by atoms with E-state index in [0.29, 0.717) is 28.4 Å². The molecule has 4 rings (SSSR count). The number of rotatable bonds is 8. The van der Waals surface area contributed by atoms with Gasteiger partial charge in [0.2, 0.25) is 12.6 Å². The maximum absolute atomic E-state index is 13.0. The van der Waals surface area contributed by atoms with E-state index in [4.69, 9.17) is 14.2 Å². The van der Waals surface area contributed by atoms with Gasteiger partial charge in [-0.25, -0.2) is 4.79 Å². The van der Waals surface area contributed by atoms with E-state index in [0.717, 1.165) is 11.3 Å². The van der Waals surface area contributed by atoms with Crippen molar-refractivity contribution < 1.29 is 37.3 Å². The van der Waals surface area contributed by atoms with Gasteiger partial charge in [0.25, 0.3) is 0 Å². The predicted octanol–water partition coefficient (Wildman–Crippen LogP) is 5.25. The van der Waals surface area contributed by atoms with Crippen LogP contribution in [0.4, 0.5) is 8.78 Å². The second-order valence-corrected chi connectivity index (χ2v) is 7.88. The first-order valence-electron chi connectivity index (χ1n) is 10.8. The zero-order valence-corrected chi connectivity index (χ0v) is 19.3. The number of Topliss-reactive ketones (excluding diaryl/α,β-unsaturated/α-hetero) is 1. The monoisotopic (exact) mass is 483 g/mol. The third-order valence-electron chi connectivity index (χ3n) is 5.49. The van der Waals surface area contributed by atoms with Crippen molar-refractivity contribution in [3.05, 3.63) is 77.1 Å². The van der Waals surface area contributed by atoms with Crippen molar-refractivity contribution in [3.63, 3.8) is 0 Å². The molecule has 0 bridgehead atoms. The van der Waals surface area contributed by atoms with Crippen molar-refractivity contribution in [1.29, 1.82) is 0 Å². The average Bonchev–Trinajstić information content (AvgIpc) is 3.40. The number of benzene rings is 2. The number of nitrogens with zero attached hydrogens (tertiary/aromatic N) is 1. The number of hydrogen-bond donors (Lipinski definition) is 0. The minimum absolute atomic E-state index is 0.0387. The maximum Gasteiger partial charge on any atom is 0.387 e. The third kappa shape index (κ3) is 5.34. The fourth-order valence-corrected chi connectivity index (χ4v) is 3.85. The van der Waals surface area contributed by atoms with Crippen LogP contribution in [-0.2, 0) is 9.53 Å². The Bertz CT molecular complexity index is 1280. The topological polar surface area (TPSA) is 76.0 Å². The van der Waals surface area contributed by atoms with Crippen LogP contribution in [-0.4, -0.2) is 35.8 Å². The third-order valence-corrected chi connectivity index (χ3v) is 5.49. The highest BCUT2D eigenvalue weighted by atomic mass is 19.3. The van der Waals surface area contributed by atoms with Crippen LogP contribution in [0.2, 0.25) is 0 Å². The quantitative estimate of drug-likeness (QED) is 0.247. The Kier molecular flexibility index (Phi) is 6.86. The van der Waals surface area contributed by atoms with Crippen LogP contribution >= 0.6 is 0 Å². The van der Waals surface area contributed by atoms with Gasteiger partial charge in [0.1, 0.15) is 5.75 Å². The SMILES string of the molecule is Cc1cc(C(=O)C(C)OC(=O)C=Cc2ccc3c(c2)OCO3)c(C)n1-c1ccc(OC(F)F)cc1. The van der Waals surface area contributed by atoms with Crippen LogP contribution in [0.1, 0.15) is 34.2 Å². The molecule has 9 heteroatoms. The number of fused-ring (bicyclic) bond motifs is 1. The zero-order valence-electron chi connectivity index (χ0n) is 19.3. The van der Waals surface area contributed by atoms with E-state index in [2.05, 4.69) is 4.74 Å². The highest BCUT2D eigenvalue weighted by Crippen LogP contribution is 2.32. The molecule has 1 atom stereocenters. The predicted molar refractivity (Wildman–Crippen MR) is 123 cm³/mol. The molecule has 182 valence electrons. The van der Waals surface area contributed by atoms with Crippen LogP contribution in [0.25, 0.3) is 11.8 Å². The van der Waals surface area contributed by atoms with Gasteiger partial charge in [-0.05, 0) is 74.9 Å². The van der Waals surface area contributed by atoms with E-state index in [-0.39, 0.29) is 18.3 Å². The number of carbonyl (C=O) groups excluding carboxylic acids is 2. The van der Waals surface area contributed by atoms with E-state index in [1.165, 1.54) is 25.1 Å². The van der Waals surface area contributed by atoms with Crippen LogP contribution in [0.5, 0.6) is 17.2 Å². The highest BCUT2D eigenvalue weighted by Gasteiger charge is 2.24. The Balaban J connectivity index is 1.43. The van der Waals surface area contributed by atoms with Crippen LogP contribution < -0.4 is 14.2 Å². The number of aryl methyl sites for hydroxylation is 1. The van der Waals surface area contributed by atoms with Gasteiger partial charge in [-0.2, -0.15) is 8.78 Å². The van der Waals surface area contributed by atoms with E-state index in [1.54, 1.807) is 49.4 Å². The molecule has 1 unspecified atom stereocenters. The molecule has 7 nitrogen and oxygen atoms in total. The Morgan fingerprint density at radius 1 is 1.03 bits per heavy atom. The molecule has 1 aliphatic rings. The summed E-state index contributed by atoms with van der Waals surface area (Å²) in [4.78, 5) is 25.3. The van der Waals surface area contributed by atoms with Crippen LogP contribution in [0.15, 0.2) is 54.6 Å². The van der Waals surface area contributed by atoms with Gasteiger partial charge in [0, 0.05) is 28.7 Å². The van der Waals surface area contributed by atoms with Crippen molar-refractivity contribution in [2.75, 3.05) is 6.79 Å². The standard InChI is InChI=1S/C26H23F2NO6/c1-15-12-21(16(2)29(15)19-6-8-20(9-7-19)35-26(27)28)25(31)17(3)34-24(30)11-5-18-4-10-22-23(13-18)33-14-32-22/h4-13,17,26H,14H2,1-3H3. The van der Waals surface area contributed by atoms with E-state index in [1.807, 2.05) is 11.5 Å². The van der Waals surface area contributed by atoms with Crippen molar-refractivity contribution in [3.8, 4) is 22.9 Å². The van der Waals surface area contributed by atoms with Crippen LogP contribution in [0, 0.1) is 13.8 Å². The van der Waals surface area contributed by atoms with Gasteiger partial charge in [-0.1, -0.05) is 6.07 Å². The summed E-state index contributed by atoms with van der Waals surface area (Å²) >= 11 is 0. The lowest BCUT2D eigenvalue weighted by Crippen LogP contribution is -2.24. The number of halogens is 2. The number of ketones is 1. The summed E-state index contributed by atoms with van der Waals surface area (Å²) in [5, 5.41) is 0. The molecule has 0 saturated carbocycles. The van der Waals surface area contributed by atoms with Crippen LogP contribution in [0.3, 0.4) is 0 Å². The maximum atomic E-state index is 13.0. The minimum Gasteiger partial charge on any atom is -0.454 e. The van der Waals surface area contributed by atoms with E-state index < -0.39 is 18.7 Å². The molecule has 0 spiro atoms. The zero-order chi connectivity index (χ0) is 25.1. The molecular weight excluding hydrogens is 460 g/mol. The Labute approximate surface area is 200 Å². The number of ether oxygens (including phenoxy) is 4. The lowest BCUT2D eigenvalue weighted by Gasteiger charge is -2.13. The van der Waals surface area contributed by atoms with Gasteiger partial charge in [-0.15, -0.1) is 0 Å². The molecule has 1 aromatic heterocycles. The molecule has 2 heterocycles. The fraction of sp³-hybridized carbons (Fsp3) is 0.231. The summed E-state index contributed by atoms with van der Waals surface area (Å²) < 4.78 is 46.9. The second kappa shape index (κ2) is 10.0. The van der Waals surface area contributed by atoms with Gasteiger partial charge >= 0.3 is 12.6 Å². The smallest absolute Gasteiger partial charge is 0.387 e. The number of carbonyl (C=O) groups is 2. The molecule has 0 saturated heterocycles. The molecule has 0 amide bonds. The Hall–Kier alpha value is -4.14. The van der Waals surface area contributed by atoms with Gasteiger partial charge in [0.15, 0.2) is 17.6 Å². The summed E-state index contributed by atoms with van der Waals surface area (Å²) in [5.41, 5.74) is 3.19. The Morgan fingerprint density at radius 3 is 2.46 bits per heavy atom. The molecule has 35 heavy (non-hydrogen) atoms. The van der Waals surface area contributed by atoms with Crippen molar-refractivity contribution in [1.82, 2.24) is 4.57 Å². The molecular formula is C26H23F2NO6. The number of aromatic nitrogens is 1. The van der Waals surface area contributed by atoms with Gasteiger partial charge < -0.3 is 23.5 Å². The lowest BCUT2D eigenvalue weighted by atomic mass is 10.1. The first-order chi connectivity index (χ1) is 16.7. The molecule has 2 aromatic carbocycles. The summed E-state index contributed by atoms with van der Waals surface area (Å²) in [6.07, 6.45) is 1.79. The molecule has 1 aliphatic heterocycles. The summed E-state index contributed by atoms with van der Waals surface area (Å²) in [6, 6.07) is 13.1. The molecule has 0 N–H and O–H groups in total. The van der Waals surface area contributed by atoms with Crippen molar-refractivity contribution in [2.24, 2.45) is 0 Å². The van der Waals surface area contributed by atoms with E-state index in [9.17, 15) is 18.4 Å². The number of esters is 1. The molecule has 0 aliphatic carbocycles. The molecule has 3 aromatic rings. The van der Waals surface area contributed by atoms with E-state index >= 15 is 0 Å². The second-order valence-electron chi connectivity index (χ2n) is 7.88. The average molecular weight is 483 g/mol. The van der Waals surface area contributed by atoms with Gasteiger partial charge in [-0.3, -0.25) is 4.79 Å². The summed E-state index contributed by atoms with van der Waals surface area (Å²) in [6.45, 7) is 2.34. The first-order valence-corrected chi connectivity index (χ1v) is 10.8. The highest BCUT2D eigenvalue weighted by molar-refractivity contribution is 6.02. The largest absolute Gasteiger partial charge is 0.454 e. The first kappa shape index (κ1) is 24.0. The van der Waals surface area contributed by atoms with Crippen molar-refractivity contribution in [2.45, 2.75) is 33.5 Å². The summed E-state index contributed by atoms with van der Waals surface area (Å²) in [5.74, 6) is 0.255. The minimum atomic E-state index is -2.91. The molecule has 0 fully saturated rings. The lowest BCUT2D eigenvalue weighted by molar-refractivity contribution is -0.140.